The number of hydrogen-bond donors (Lipinski definition) is 2. The first kappa shape index (κ1) is 18.8. The number of carbonyl (C=O) groups excluding carboxylic acids is 1. The lowest BCUT2D eigenvalue weighted by Crippen LogP contribution is -2.12. The lowest BCUT2D eigenvalue weighted by molar-refractivity contribution is 0.0696. The molecule has 1 amide bonds. The van der Waals surface area contributed by atoms with Crippen molar-refractivity contribution in [2.24, 2.45) is 0 Å². The zero-order valence-electron chi connectivity index (χ0n) is 14.0. The Labute approximate surface area is 164 Å². The molecule has 1 aromatic heterocycles. The van der Waals surface area contributed by atoms with Gasteiger partial charge in [-0.1, -0.05) is 23.2 Å². The Hall–Kier alpha value is -2.96. The van der Waals surface area contributed by atoms with Crippen LogP contribution in [0.15, 0.2) is 52.9 Å². The molecule has 0 spiro atoms. The summed E-state index contributed by atoms with van der Waals surface area (Å²) in [6, 6.07) is 12.1. The zero-order valence-corrected chi connectivity index (χ0v) is 15.5. The first-order valence-corrected chi connectivity index (χ1v) is 8.42. The van der Waals surface area contributed by atoms with E-state index in [1.54, 1.807) is 24.3 Å². The number of halogens is 2. The molecule has 3 aromatic rings. The number of carbonyl (C=O) groups is 2. The van der Waals surface area contributed by atoms with Crippen LogP contribution in [0.5, 0.6) is 5.75 Å². The molecule has 138 valence electrons. The molecule has 0 bridgehead atoms. The molecule has 6 nitrogen and oxygen atoms in total. The smallest absolute Gasteiger partial charge is 0.335 e. The van der Waals surface area contributed by atoms with Crippen molar-refractivity contribution in [1.29, 1.82) is 0 Å². The van der Waals surface area contributed by atoms with E-state index in [4.69, 9.17) is 37.5 Å². The van der Waals surface area contributed by atoms with Crippen molar-refractivity contribution in [1.82, 2.24) is 0 Å². The number of carboxylic acid groups (broad SMARTS) is 1. The topological polar surface area (TPSA) is 88.8 Å². The van der Waals surface area contributed by atoms with Gasteiger partial charge in [0.15, 0.2) is 5.76 Å². The second-order valence-electron chi connectivity index (χ2n) is 5.46. The quantitative estimate of drug-likeness (QED) is 0.607. The van der Waals surface area contributed by atoms with Gasteiger partial charge in [0.2, 0.25) is 0 Å². The van der Waals surface area contributed by atoms with Gasteiger partial charge in [-0.3, -0.25) is 4.79 Å². The number of anilines is 1. The Morgan fingerprint density at radius 2 is 1.85 bits per heavy atom. The molecule has 0 fully saturated rings. The number of hydrogen-bond acceptors (Lipinski definition) is 4. The van der Waals surface area contributed by atoms with Gasteiger partial charge < -0.3 is 19.6 Å². The van der Waals surface area contributed by atoms with Gasteiger partial charge in [-0.05, 0) is 48.5 Å². The summed E-state index contributed by atoms with van der Waals surface area (Å²) < 4.78 is 10.7. The highest BCUT2D eigenvalue weighted by molar-refractivity contribution is 6.35. The van der Waals surface area contributed by atoms with Gasteiger partial charge >= 0.3 is 5.97 Å². The van der Waals surface area contributed by atoms with Gasteiger partial charge in [0.05, 0.1) is 23.4 Å². The summed E-state index contributed by atoms with van der Waals surface area (Å²) in [5, 5.41) is 12.6. The third kappa shape index (κ3) is 4.07. The highest BCUT2D eigenvalue weighted by atomic mass is 35.5. The summed E-state index contributed by atoms with van der Waals surface area (Å²) in [6.07, 6.45) is 0. The van der Waals surface area contributed by atoms with Crippen molar-refractivity contribution in [2.45, 2.75) is 0 Å². The van der Waals surface area contributed by atoms with Crippen molar-refractivity contribution < 1.29 is 23.8 Å². The van der Waals surface area contributed by atoms with E-state index in [2.05, 4.69) is 5.32 Å². The summed E-state index contributed by atoms with van der Waals surface area (Å²) in [7, 11) is 1.41. The van der Waals surface area contributed by atoms with Crippen LogP contribution in [0.1, 0.15) is 20.9 Å². The molecule has 2 N–H and O–H groups in total. The number of amides is 1. The zero-order chi connectivity index (χ0) is 19.6. The van der Waals surface area contributed by atoms with E-state index in [-0.39, 0.29) is 17.0 Å². The molecule has 0 saturated heterocycles. The molecular weight excluding hydrogens is 393 g/mol. The number of benzene rings is 2. The summed E-state index contributed by atoms with van der Waals surface area (Å²) in [4.78, 5) is 23.6. The number of aromatic carboxylic acids is 1. The molecular formula is C19H13Cl2NO5. The van der Waals surface area contributed by atoms with Crippen LogP contribution >= 0.6 is 23.2 Å². The normalized spacial score (nSPS) is 10.5. The Bertz CT molecular complexity index is 1030. The van der Waals surface area contributed by atoms with Crippen LogP contribution in [-0.4, -0.2) is 24.1 Å². The SMILES string of the molecule is COc1ccc(C(=O)O)cc1NC(=O)c1ccc(-c2cc(Cl)ccc2Cl)o1. The summed E-state index contributed by atoms with van der Waals surface area (Å²) >= 11 is 12.1. The molecule has 0 radical (unpaired) electrons. The Balaban J connectivity index is 1.88. The number of methoxy groups -OCH3 is 1. The Morgan fingerprint density at radius 1 is 1.07 bits per heavy atom. The van der Waals surface area contributed by atoms with E-state index in [1.807, 2.05) is 0 Å². The fourth-order valence-electron chi connectivity index (χ4n) is 2.41. The molecule has 0 aliphatic rings. The monoisotopic (exact) mass is 405 g/mol. The van der Waals surface area contributed by atoms with Crippen LogP contribution < -0.4 is 10.1 Å². The molecule has 0 aliphatic heterocycles. The lowest BCUT2D eigenvalue weighted by Gasteiger charge is -2.10. The van der Waals surface area contributed by atoms with E-state index in [0.717, 1.165) is 0 Å². The summed E-state index contributed by atoms with van der Waals surface area (Å²) in [5.41, 5.74) is 0.770. The fourth-order valence-corrected chi connectivity index (χ4v) is 2.80. The third-order valence-electron chi connectivity index (χ3n) is 3.72. The molecule has 0 unspecified atom stereocenters. The summed E-state index contributed by atoms with van der Waals surface area (Å²) in [5.74, 6) is -0.981. The second-order valence-corrected chi connectivity index (χ2v) is 6.31. The van der Waals surface area contributed by atoms with Crippen molar-refractivity contribution >= 4 is 40.8 Å². The van der Waals surface area contributed by atoms with Gasteiger partial charge in [-0.25, -0.2) is 4.79 Å². The third-order valence-corrected chi connectivity index (χ3v) is 4.28. The van der Waals surface area contributed by atoms with Crippen molar-refractivity contribution in [3.05, 3.63) is 69.9 Å². The van der Waals surface area contributed by atoms with Gasteiger partial charge in [0, 0.05) is 10.6 Å². The Morgan fingerprint density at radius 3 is 2.56 bits per heavy atom. The number of carboxylic acids is 1. The first-order valence-electron chi connectivity index (χ1n) is 7.67. The van der Waals surface area contributed by atoms with E-state index in [1.165, 1.54) is 31.4 Å². The van der Waals surface area contributed by atoms with Gasteiger partial charge in [0.1, 0.15) is 11.5 Å². The van der Waals surface area contributed by atoms with E-state index >= 15 is 0 Å². The van der Waals surface area contributed by atoms with Crippen molar-refractivity contribution in [3.8, 4) is 17.1 Å². The highest BCUT2D eigenvalue weighted by Gasteiger charge is 2.17. The predicted octanol–water partition coefficient (Wildman–Crippen LogP) is 5.21. The lowest BCUT2D eigenvalue weighted by atomic mass is 10.2. The van der Waals surface area contributed by atoms with Crippen LogP contribution in [0.25, 0.3) is 11.3 Å². The minimum atomic E-state index is -1.12. The number of rotatable bonds is 5. The Kier molecular flexibility index (Phi) is 5.39. The first-order chi connectivity index (χ1) is 12.9. The minimum absolute atomic E-state index is 0.0111. The largest absolute Gasteiger partial charge is 0.495 e. The molecule has 0 saturated carbocycles. The molecule has 1 heterocycles. The van der Waals surface area contributed by atoms with Crippen molar-refractivity contribution in [2.75, 3.05) is 12.4 Å². The van der Waals surface area contributed by atoms with Gasteiger partial charge in [-0.15, -0.1) is 0 Å². The maximum absolute atomic E-state index is 12.5. The second kappa shape index (κ2) is 7.73. The standard InChI is InChI=1S/C19H13Cl2NO5/c1-26-16-5-2-10(19(24)25)8-14(16)22-18(23)17-7-6-15(27-17)12-9-11(20)3-4-13(12)21/h2-9H,1H3,(H,22,23)(H,24,25). The molecule has 0 aliphatic carbocycles. The highest BCUT2D eigenvalue weighted by Crippen LogP contribution is 2.32. The minimum Gasteiger partial charge on any atom is -0.495 e. The average Bonchev–Trinajstić information content (AvgIpc) is 3.13. The predicted molar refractivity (Wildman–Crippen MR) is 102 cm³/mol. The maximum Gasteiger partial charge on any atom is 0.335 e. The summed E-state index contributed by atoms with van der Waals surface area (Å²) in [6.45, 7) is 0. The maximum atomic E-state index is 12.5. The van der Waals surface area contributed by atoms with E-state index in [9.17, 15) is 9.59 Å². The molecule has 2 aromatic carbocycles. The molecule has 3 rings (SSSR count). The van der Waals surface area contributed by atoms with Crippen LogP contribution in [0.4, 0.5) is 5.69 Å². The number of nitrogens with one attached hydrogen (secondary N) is 1. The number of ether oxygens (including phenoxy) is 1. The molecule has 0 atom stereocenters. The molecule has 27 heavy (non-hydrogen) atoms. The van der Waals surface area contributed by atoms with E-state index in [0.29, 0.717) is 27.1 Å². The van der Waals surface area contributed by atoms with Crippen LogP contribution in [0.3, 0.4) is 0 Å². The fraction of sp³-hybridized carbons (Fsp3) is 0.0526. The molecule has 8 heteroatoms. The van der Waals surface area contributed by atoms with Crippen LogP contribution in [0.2, 0.25) is 10.0 Å². The number of furan rings is 1. The van der Waals surface area contributed by atoms with E-state index < -0.39 is 11.9 Å². The van der Waals surface area contributed by atoms with Crippen molar-refractivity contribution in [3.63, 3.8) is 0 Å². The average molecular weight is 406 g/mol. The van der Waals surface area contributed by atoms with Crippen LogP contribution in [0, 0.1) is 0 Å². The van der Waals surface area contributed by atoms with Gasteiger partial charge in [-0.2, -0.15) is 0 Å². The van der Waals surface area contributed by atoms with Crippen LogP contribution in [-0.2, 0) is 0 Å². The van der Waals surface area contributed by atoms with Gasteiger partial charge in [0.25, 0.3) is 5.91 Å².